The topological polar surface area (TPSA) is 27.7 Å². The second-order valence-electron chi connectivity index (χ2n) is 36.2. The highest BCUT2D eigenvalue weighted by Crippen LogP contribution is 2.42. The van der Waals surface area contributed by atoms with Crippen LogP contribution < -0.4 is 14.2 Å². The molecule has 0 radical (unpaired) electrons. The summed E-state index contributed by atoms with van der Waals surface area (Å²) in [6.07, 6.45) is 2.33. The molecule has 4 aliphatic carbocycles. The lowest BCUT2D eigenvalue weighted by Gasteiger charge is -2.25. The van der Waals surface area contributed by atoms with Crippen LogP contribution in [0.15, 0.2) is 188 Å². The third-order valence-electron chi connectivity index (χ3n) is 24.1. The number of halogens is 16. The first-order valence-corrected chi connectivity index (χ1v) is 44.3. The van der Waals surface area contributed by atoms with Crippen LogP contribution in [0.3, 0.4) is 0 Å². The average Bonchev–Trinajstić information content (AvgIpc) is 0.778. The maximum absolute atomic E-state index is 13.6. The van der Waals surface area contributed by atoms with Gasteiger partial charge in [-0.15, -0.1) is 13.2 Å². The number of ether oxygens (including phenoxy) is 3. The van der Waals surface area contributed by atoms with Crippen molar-refractivity contribution in [1.82, 2.24) is 0 Å². The van der Waals surface area contributed by atoms with Crippen molar-refractivity contribution in [2.75, 3.05) is 6.86 Å². The van der Waals surface area contributed by atoms with Crippen LogP contribution in [0.25, 0.3) is 53.9 Å². The normalized spacial score (nSPS) is 15.3. The fraction of sp³-hybridized carbons (Fsp3) is 0.339. The summed E-state index contributed by atoms with van der Waals surface area (Å²) >= 11 is 0. The number of aryl methyl sites for hydroxylation is 18. The van der Waals surface area contributed by atoms with E-state index in [4.69, 9.17) is 4.74 Å². The Bertz CT molecular complexity index is 6360. The summed E-state index contributed by atoms with van der Waals surface area (Å²) in [6.45, 7) is 30.8. The summed E-state index contributed by atoms with van der Waals surface area (Å²) < 4.78 is 220. The molecule has 694 valence electrons. The molecule has 0 spiro atoms. The van der Waals surface area contributed by atoms with Gasteiger partial charge in [0, 0.05) is 16.2 Å². The minimum absolute atomic E-state index is 0.0148. The van der Waals surface area contributed by atoms with Crippen molar-refractivity contribution in [3.05, 3.63) is 357 Å². The van der Waals surface area contributed by atoms with E-state index in [1.54, 1.807) is 103 Å². The van der Waals surface area contributed by atoms with Crippen molar-refractivity contribution >= 4 is 53.9 Å². The third kappa shape index (κ3) is 27.9. The number of fused-ring (bicyclic) bond motifs is 9. The van der Waals surface area contributed by atoms with Crippen molar-refractivity contribution in [2.24, 2.45) is 23.7 Å². The molecule has 131 heavy (non-hydrogen) atoms. The quantitative estimate of drug-likeness (QED) is 0.161. The first-order chi connectivity index (χ1) is 61.7. The van der Waals surface area contributed by atoms with Crippen molar-refractivity contribution in [2.45, 2.75) is 221 Å². The number of hydrogen-bond donors (Lipinski definition) is 0. The minimum atomic E-state index is -4.61. The van der Waals surface area contributed by atoms with E-state index in [0.29, 0.717) is 97.2 Å². The summed E-state index contributed by atoms with van der Waals surface area (Å²) in [5.41, 5.74) is 19.5. The SMILES string of the molecule is Cc1cc(F)c2c(F)c(C)ccc2c1.Cc1cc(F)c2cc(C)ccc2c1.Cc1cc2c(c(C(F)(F)F)c1)CC(C)CC2.Cc1cc2c(c(OC(F)(F)F)c1)CC(C)CC2.Cc1cc2c(c(OC(F)F)c1)CC(C)CC2.Cc1cc2c(c(OCF)c1)CC(C)CC2.Cc1ccc2c(F)c(C)ccc2c1.Cc1ccc2cc(C)c(F)c(F)c2c1.Cc1ccc2cc(C)c(F)cc2c1. The monoisotopic (exact) mass is 1810 g/mol. The van der Waals surface area contributed by atoms with Gasteiger partial charge in [-0.3, -0.25) is 0 Å². The van der Waals surface area contributed by atoms with E-state index in [2.05, 4.69) is 42.4 Å². The van der Waals surface area contributed by atoms with Crippen LogP contribution in [-0.2, 0) is 57.5 Å². The van der Waals surface area contributed by atoms with E-state index in [1.807, 2.05) is 159 Å². The Morgan fingerprint density at radius 3 is 1.21 bits per heavy atom. The van der Waals surface area contributed by atoms with Crippen LogP contribution in [0.5, 0.6) is 17.2 Å². The number of rotatable bonds is 5. The molecule has 0 heterocycles. The van der Waals surface area contributed by atoms with Gasteiger partial charge < -0.3 is 14.2 Å². The van der Waals surface area contributed by atoms with Crippen molar-refractivity contribution in [3.63, 3.8) is 0 Å². The van der Waals surface area contributed by atoms with E-state index in [1.165, 1.54) is 41.3 Å². The Hall–Kier alpha value is -11.3. The first kappa shape index (κ1) is 102. The van der Waals surface area contributed by atoms with Crippen LogP contribution in [0.4, 0.5) is 70.2 Å². The summed E-state index contributed by atoms with van der Waals surface area (Å²) in [7, 11) is 0. The van der Waals surface area contributed by atoms with Crippen molar-refractivity contribution in [3.8, 4) is 17.2 Å². The lowest BCUT2D eigenvalue weighted by Crippen LogP contribution is -2.21. The highest BCUT2D eigenvalue weighted by atomic mass is 19.4. The van der Waals surface area contributed by atoms with Gasteiger partial charge >= 0.3 is 19.2 Å². The molecule has 14 aromatic carbocycles. The van der Waals surface area contributed by atoms with Crippen LogP contribution in [0.2, 0.25) is 0 Å². The molecule has 3 nitrogen and oxygen atoms in total. The van der Waals surface area contributed by atoms with Gasteiger partial charge in [0.15, 0.2) is 11.6 Å². The molecule has 0 amide bonds. The van der Waals surface area contributed by atoms with Gasteiger partial charge in [0.25, 0.3) is 0 Å². The van der Waals surface area contributed by atoms with Gasteiger partial charge in [-0.1, -0.05) is 177 Å². The van der Waals surface area contributed by atoms with Gasteiger partial charge in [0.2, 0.25) is 6.86 Å². The maximum atomic E-state index is 13.6. The summed E-state index contributed by atoms with van der Waals surface area (Å²) in [6, 6.07) is 56.6. The Morgan fingerprint density at radius 2 is 0.687 bits per heavy atom. The molecule has 0 saturated heterocycles. The van der Waals surface area contributed by atoms with Crippen molar-refractivity contribution in [1.29, 1.82) is 0 Å². The smallest absolute Gasteiger partial charge is 0.463 e. The third-order valence-corrected chi connectivity index (χ3v) is 24.1. The largest absolute Gasteiger partial charge is 0.573 e. The Morgan fingerprint density at radius 1 is 0.305 bits per heavy atom. The first-order valence-electron chi connectivity index (χ1n) is 44.3. The second kappa shape index (κ2) is 44.7. The van der Waals surface area contributed by atoms with E-state index in [0.717, 1.165) is 163 Å². The van der Waals surface area contributed by atoms with E-state index < -0.39 is 54.8 Å². The lowest BCUT2D eigenvalue weighted by molar-refractivity contribution is -0.275. The molecule has 4 aliphatic rings. The molecule has 0 aromatic heterocycles. The van der Waals surface area contributed by atoms with Gasteiger partial charge in [0.05, 0.1) is 10.9 Å². The molecule has 0 fully saturated rings. The Balaban J connectivity index is 0.000000153. The zero-order valence-corrected chi connectivity index (χ0v) is 77.7. The highest BCUT2D eigenvalue weighted by Gasteiger charge is 2.37. The lowest BCUT2D eigenvalue weighted by atomic mass is 9.81. The van der Waals surface area contributed by atoms with Crippen LogP contribution in [0, 0.1) is 161 Å². The molecule has 4 unspecified atom stereocenters. The molecule has 18 rings (SSSR count). The molecule has 0 bridgehead atoms. The molecule has 4 atom stereocenters. The van der Waals surface area contributed by atoms with E-state index in [9.17, 15) is 70.2 Å². The number of hydrogen-bond acceptors (Lipinski definition) is 3. The predicted octanol–water partition coefficient (Wildman–Crippen LogP) is 33.6. The van der Waals surface area contributed by atoms with Crippen molar-refractivity contribution < 1.29 is 84.5 Å². The molecular formula is C112H116F16O3. The second-order valence-corrected chi connectivity index (χ2v) is 36.2. The molecule has 0 N–H and O–H groups in total. The van der Waals surface area contributed by atoms with Gasteiger partial charge in [0.1, 0.15) is 46.3 Å². The van der Waals surface area contributed by atoms with Crippen LogP contribution in [-0.4, -0.2) is 19.8 Å². The molecular weight excluding hydrogens is 1700 g/mol. The van der Waals surface area contributed by atoms with E-state index in [-0.39, 0.29) is 28.6 Å². The van der Waals surface area contributed by atoms with Gasteiger partial charge in [-0.05, 0) is 391 Å². The van der Waals surface area contributed by atoms with Crippen LogP contribution >= 0.6 is 0 Å². The zero-order valence-electron chi connectivity index (χ0n) is 77.7. The fourth-order valence-electron chi connectivity index (χ4n) is 17.3. The summed E-state index contributed by atoms with van der Waals surface area (Å²) in [4.78, 5) is 0. The van der Waals surface area contributed by atoms with Gasteiger partial charge in [-0.2, -0.15) is 22.0 Å². The highest BCUT2D eigenvalue weighted by molar-refractivity contribution is 5.88. The number of benzene rings is 14. The molecule has 14 aromatic rings. The Kier molecular flexibility index (Phi) is 34.7. The number of alkyl halides is 9. The minimum Gasteiger partial charge on any atom is -0.463 e. The predicted molar refractivity (Wildman–Crippen MR) is 501 cm³/mol. The van der Waals surface area contributed by atoms with Crippen LogP contribution in [0.1, 0.15) is 181 Å². The maximum Gasteiger partial charge on any atom is 0.573 e. The van der Waals surface area contributed by atoms with Gasteiger partial charge in [-0.25, -0.2) is 35.1 Å². The Labute approximate surface area is 759 Å². The molecule has 0 saturated carbocycles. The molecule has 0 aliphatic heterocycles. The fourth-order valence-corrected chi connectivity index (χ4v) is 17.3. The zero-order chi connectivity index (χ0) is 95.9. The standard InChI is InChI=1S/C13H15F3O.C13H15F3.C13H16F2O.C13H17FO.2C12H10F2.3C12H11F/c1-8-3-4-10-5-9(2)7-12(11(10)6-8)17-13(14,15)16;1-8-3-4-10-5-9(2)7-12(11(10)6-8)13(14,15)16;1-8-3-4-10-5-9(2)7-12(11(10)6-8)16-13(14)15;1-9-3-4-11-5-10(2)7-13(15-8-14)12(11)6-9;1-7-5-9-4-3-8(2)12(14)11(9)10(13)6-7;1-7-3-4-9-6-8(2)11(13)12(14)10(9)5-7;1-8-3-6-11-10(7-8)5-4-9(2)12(11)13;1-8-3-4-10-5-9(2)7-12(13)11(10)6-8;1-8-3-4-10-6-9(2)12(13)7-11(10)5-8/h5,7-8H,3-4,6H2,1-2H3;5,7-8H,3-4,6H2,1-2H3;5,7-8,13H,3-4,6H2,1-2H3;5,7,9H,3-4,6,8H2,1-2H3;2*3-6H,1-2H3;3*3-7H,1-2H3. The summed E-state index contributed by atoms with van der Waals surface area (Å²) in [5.74, 6) is 0.325. The summed E-state index contributed by atoms with van der Waals surface area (Å²) in [5, 5.41) is 7.26. The molecule has 19 heteroatoms. The average molecular weight is 1810 g/mol. The van der Waals surface area contributed by atoms with E-state index >= 15 is 0 Å².